The summed E-state index contributed by atoms with van der Waals surface area (Å²) in [5.41, 5.74) is 4.90. The van der Waals surface area contributed by atoms with Crippen molar-refractivity contribution < 1.29 is 0 Å². The van der Waals surface area contributed by atoms with Gasteiger partial charge >= 0.3 is 0 Å². The minimum atomic E-state index is 0.803. The molecule has 0 fully saturated rings. The average molecular weight is 323 g/mol. The Hall–Kier alpha value is -3.60. The molecule has 0 atom stereocenters. The van der Waals surface area contributed by atoms with E-state index in [-0.39, 0.29) is 0 Å². The second-order valence-electron chi connectivity index (χ2n) is 5.78. The molecule has 4 aromatic heterocycles. The Kier molecular flexibility index (Phi) is 3.03. The highest BCUT2D eigenvalue weighted by Crippen LogP contribution is 2.27. The number of nitrogens with zero attached hydrogens (tertiary/aromatic N) is 5. The van der Waals surface area contributed by atoms with Crippen LogP contribution < -0.4 is 0 Å². The predicted molar refractivity (Wildman–Crippen MR) is 97.0 cm³/mol. The van der Waals surface area contributed by atoms with Gasteiger partial charge in [0.15, 0.2) is 11.5 Å². The highest BCUT2D eigenvalue weighted by molar-refractivity contribution is 5.92. The van der Waals surface area contributed by atoms with Gasteiger partial charge in [-0.3, -0.25) is 14.4 Å². The molecule has 0 N–H and O–H groups in total. The molecule has 0 aliphatic carbocycles. The summed E-state index contributed by atoms with van der Waals surface area (Å²) in [6, 6.07) is 18.1. The van der Waals surface area contributed by atoms with Crippen LogP contribution in [0.5, 0.6) is 0 Å². The molecule has 25 heavy (non-hydrogen) atoms. The first-order valence-electron chi connectivity index (χ1n) is 7.99. The lowest BCUT2D eigenvalue weighted by Crippen LogP contribution is -1.92. The molecule has 118 valence electrons. The summed E-state index contributed by atoms with van der Waals surface area (Å²) < 4.78 is 2.00. The van der Waals surface area contributed by atoms with E-state index in [0.717, 1.165) is 39.1 Å². The van der Waals surface area contributed by atoms with E-state index in [1.807, 2.05) is 65.5 Å². The molecule has 5 rings (SSSR count). The zero-order chi connectivity index (χ0) is 16.6. The van der Waals surface area contributed by atoms with Crippen molar-refractivity contribution in [2.24, 2.45) is 0 Å². The molecular formula is C20H13N5. The smallest absolute Gasteiger partial charge is 0.169 e. The first-order valence-corrected chi connectivity index (χ1v) is 7.99. The van der Waals surface area contributed by atoms with E-state index in [0.29, 0.717) is 0 Å². The molecule has 5 nitrogen and oxygen atoms in total. The number of hydrogen-bond donors (Lipinski definition) is 0. The normalized spacial score (nSPS) is 11.2. The van der Waals surface area contributed by atoms with Crippen molar-refractivity contribution in [3.8, 4) is 22.5 Å². The highest BCUT2D eigenvalue weighted by atomic mass is 15.2. The molecule has 1 aromatic carbocycles. The van der Waals surface area contributed by atoms with Crippen molar-refractivity contribution in [2.45, 2.75) is 0 Å². The Morgan fingerprint density at radius 1 is 0.800 bits per heavy atom. The molecule has 5 aromatic rings. The second-order valence-corrected chi connectivity index (χ2v) is 5.78. The van der Waals surface area contributed by atoms with Gasteiger partial charge in [-0.2, -0.15) is 0 Å². The van der Waals surface area contributed by atoms with E-state index in [1.165, 1.54) is 0 Å². The lowest BCUT2D eigenvalue weighted by atomic mass is 10.1. The van der Waals surface area contributed by atoms with Crippen molar-refractivity contribution in [3.05, 3.63) is 79.4 Å². The molecule has 0 spiro atoms. The van der Waals surface area contributed by atoms with E-state index >= 15 is 0 Å². The molecule has 0 bridgehead atoms. The van der Waals surface area contributed by atoms with Gasteiger partial charge in [-0.15, -0.1) is 10.2 Å². The Morgan fingerprint density at radius 2 is 1.76 bits per heavy atom. The van der Waals surface area contributed by atoms with Gasteiger partial charge in [-0.1, -0.05) is 24.3 Å². The second kappa shape index (κ2) is 5.49. The molecule has 0 amide bonds. The number of hydrogen-bond acceptors (Lipinski definition) is 4. The lowest BCUT2D eigenvalue weighted by molar-refractivity contribution is 1.11. The fraction of sp³-hybridized carbons (Fsp3) is 0. The maximum Gasteiger partial charge on any atom is 0.169 e. The Balaban J connectivity index is 1.70. The molecule has 0 saturated heterocycles. The van der Waals surface area contributed by atoms with Crippen LogP contribution in [0, 0.1) is 0 Å². The van der Waals surface area contributed by atoms with E-state index in [4.69, 9.17) is 0 Å². The van der Waals surface area contributed by atoms with Crippen LogP contribution >= 0.6 is 0 Å². The van der Waals surface area contributed by atoms with Crippen LogP contribution in [-0.2, 0) is 0 Å². The van der Waals surface area contributed by atoms with Crippen molar-refractivity contribution in [2.75, 3.05) is 0 Å². The van der Waals surface area contributed by atoms with E-state index < -0.39 is 0 Å². The largest absolute Gasteiger partial charge is 0.282 e. The van der Waals surface area contributed by atoms with Gasteiger partial charge in [0.25, 0.3) is 0 Å². The van der Waals surface area contributed by atoms with Crippen LogP contribution in [0.1, 0.15) is 0 Å². The fourth-order valence-electron chi connectivity index (χ4n) is 3.08. The monoisotopic (exact) mass is 323 g/mol. The van der Waals surface area contributed by atoms with Crippen molar-refractivity contribution >= 4 is 16.6 Å². The van der Waals surface area contributed by atoms with Gasteiger partial charge < -0.3 is 0 Å². The molecule has 4 heterocycles. The van der Waals surface area contributed by atoms with Crippen LogP contribution in [0.4, 0.5) is 0 Å². The maximum atomic E-state index is 4.42. The molecular weight excluding hydrogens is 310 g/mol. The number of rotatable bonds is 2. The summed E-state index contributed by atoms with van der Waals surface area (Å²) in [5, 5.41) is 9.85. The summed E-state index contributed by atoms with van der Waals surface area (Å²) in [6.45, 7) is 0. The van der Waals surface area contributed by atoms with Crippen LogP contribution in [0.25, 0.3) is 39.1 Å². The van der Waals surface area contributed by atoms with Crippen LogP contribution in [0.3, 0.4) is 0 Å². The number of pyridine rings is 3. The standard InChI is InChI=1S/C20H13N5/c1-2-6-18-16(5-1)17(7-10-22-18)20-24-23-19-12-14(8-11-25(19)20)15-4-3-9-21-13-15/h1-13H. The highest BCUT2D eigenvalue weighted by Gasteiger charge is 2.12. The van der Waals surface area contributed by atoms with Gasteiger partial charge in [0.2, 0.25) is 0 Å². The van der Waals surface area contributed by atoms with Crippen LogP contribution in [0.15, 0.2) is 79.4 Å². The maximum absolute atomic E-state index is 4.42. The van der Waals surface area contributed by atoms with Gasteiger partial charge in [-0.25, -0.2) is 0 Å². The summed E-state index contributed by atoms with van der Waals surface area (Å²) in [5.74, 6) is 0.811. The number of benzene rings is 1. The van der Waals surface area contributed by atoms with Crippen molar-refractivity contribution in [1.29, 1.82) is 0 Å². The van der Waals surface area contributed by atoms with Gasteiger partial charge in [-0.05, 0) is 35.9 Å². The minimum absolute atomic E-state index is 0.803. The molecule has 0 radical (unpaired) electrons. The first-order chi connectivity index (χ1) is 12.4. The topological polar surface area (TPSA) is 56.0 Å². The zero-order valence-electron chi connectivity index (χ0n) is 13.2. The third kappa shape index (κ3) is 2.25. The summed E-state index contributed by atoms with van der Waals surface area (Å²) in [7, 11) is 0. The zero-order valence-corrected chi connectivity index (χ0v) is 13.2. The van der Waals surface area contributed by atoms with Gasteiger partial charge in [0.1, 0.15) is 0 Å². The van der Waals surface area contributed by atoms with Crippen LogP contribution in [0.2, 0.25) is 0 Å². The fourth-order valence-corrected chi connectivity index (χ4v) is 3.08. The quantitative estimate of drug-likeness (QED) is 0.492. The Bertz CT molecular complexity index is 1190. The third-order valence-corrected chi connectivity index (χ3v) is 4.29. The Labute approximate surface area is 143 Å². The molecule has 0 aliphatic rings. The summed E-state index contributed by atoms with van der Waals surface area (Å²) in [4.78, 5) is 8.60. The SMILES string of the molecule is c1cncc(-c2ccn3c(-c4ccnc5ccccc45)nnc3c2)c1. The third-order valence-electron chi connectivity index (χ3n) is 4.29. The molecule has 0 unspecified atom stereocenters. The molecule has 0 aliphatic heterocycles. The van der Waals surface area contributed by atoms with E-state index in [1.54, 1.807) is 6.20 Å². The van der Waals surface area contributed by atoms with Crippen molar-refractivity contribution in [3.63, 3.8) is 0 Å². The first kappa shape index (κ1) is 13.8. The minimum Gasteiger partial charge on any atom is -0.282 e. The van der Waals surface area contributed by atoms with Gasteiger partial charge in [0.05, 0.1) is 5.52 Å². The van der Waals surface area contributed by atoms with Gasteiger partial charge in [0, 0.05) is 41.3 Å². The van der Waals surface area contributed by atoms with E-state index in [2.05, 4.69) is 32.3 Å². The van der Waals surface area contributed by atoms with Crippen LogP contribution in [-0.4, -0.2) is 24.6 Å². The predicted octanol–water partition coefficient (Wildman–Crippen LogP) is 4.01. The number of aromatic nitrogens is 5. The number of fused-ring (bicyclic) bond motifs is 2. The molecule has 5 heteroatoms. The average Bonchev–Trinajstić information content (AvgIpc) is 3.11. The van der Waals surface area contributed by atoms with E-state index in [9.17, 15) is 0 Å². The summed E-state index contributed by atoms with van der Waals surface area (Å²) in [6.07, 6.45) is 7.43. The molecule has 0 saturated carbocycles. The van der Waals surface area contributed by atoms with Crippen molar-refractivity contribution in [1.82, 2.24) is 24.6 Å². The summed E-state index contributed by atoms with van der Waals surface area (Å²) >= 11 is 0. The number of para-hydroxylation sites is 1. The Morgan fingerprint density at radius 3 is 2.68 bits per heavy atom. The lowest BCUT2D eigenvalue weighted by Gasteiger charge is -2.05.